The summed E-state index contributed by atoms with van der Waals surface area (Å²) in [5.41, 5.74) is -0.140. The van der Waals surface area contributed by atoms with Crippen LogP contribution in [0.4, 0.5) is 13.2 Å². The van der Waals surface area contributed by atoms with Crippen LogP contribution in [0.3, 0.4) is 0 Å². The molecule has 3 nitrogen and oxygen atoms in total. The molecule has 6 heteroatoms. The molecule has 1 rings (SSSR count). The maximum Gasteiger partial charge on any atom is 0.416 e. The van der Waals surface area contributed by atoms with Gasteiger partial charge in [0.2, 0.25) is 5.91 Å². The van der Waals surface area contributed by atoms with Crippen LogP contribution in [0.15, 0.2) is 24.3 Å². The van der Waals surface area contributed by atoms with Crippen LogP contribution in [-0.2, 0) is 17.5 Å². The Labute approximate surface area is 129 Å². The first kappa shape index (κ1) is 18.5. The van der Waals surface area contributed by atoms with Crippen molar-refractivity contribution in [2.75, 3.05) is 13.6 Å². The average molecular weight is 316 g/mol. The molecule has 22 heavy (non-hydrogen) atoms. The monoisotopic (exact) mass is 316 g/mol. The van der Waals surface area contributed by atoms with Crippen molar-refractivity contribution < 1.29 is 18.0 Å². The van der Waals surface area contributed by atoms with Crippen molar-refractivity contribution in [1.29, 1.82) is 0 Å². The minimum atomic E-state index is -4.35. The summed E-state index contributed by atoms with van der Waals surface area (Å²) >= 11 is 0. The van der Waals surface area contributed by atoms with Crippen LogP contribution in [0.1, 0.15) is 31.9 Å². The van der Waals surface area contributed by atoms with Gasteiger partial charge in [0.15, 0.2) is 0 Å². The Morgan fingerprint density at radius 2 is 1.91 bits per heavy atom. The number of likely N-dealkylation sites (N-methyl/N-ethyl adjacent to an activating group) is 1. The predicted molar refractivity (Wildman–Crippen MR) is 80.2 cm³/mol. The Hall–Kier alpha value is -1.56. The Kier molecular flexibility index (Phi) is 6.41. The van der Waals surface area contributed by atoms with Crippen molar-refractivity contribution in [3.8, 4) is 0 Å². The molecule has 1 N–H and O–H groups in total. The first-order valence-electron chi connectivity index (χ1n) is 7.23. The molecular weight excluding hydrogens is 293 g/mol. The minimum Gasteiger partial charge on any atom is -0.352 e. The minimum absolute atomic E-state index is 0.0643. The number of nitrogens with one attached hydrogen (secondary N) is 1. The fraction of sp³-hybridized carbons (Fsp3) is 0.562. The molecule has 1 atom stereocenters. The van der Waals surface area contributed by atoms with Gasteiger partial charge in [-0.2, -0.15) is 13.2 Å². The summed E-state index contributed by atoms with van der Waals surface area (Å²) in [5.74, 6) is 0.202. The lowest BCUT2D eigenvalue weighted by Crippen LogP contribution is -2.41. The molecule has 0 spiro atoms. The number of carbonyl (C=O) groups excluding carboxylic acids is 1. The smallest absolute Gasteiger partial charge is 0.352 e. The highest BCUT2D eigenvalue weighted by Crippen LogP contribution is 2.29. The van der Waals surface area contributed by atoms with Gasteiger partial charge in [-0.3, -0.25) is 9.69 Å². The van der Waals surface area contributed by atoms with E-state index in [1.165, 1.54) is 6.07 Å². The van der Waals surface area contributed by atoms with Gasteiger partial charge in [0, 0.05) is 12.6 Å². The number of hydrogen-bond acceptors (Lipinski definition) is 2. The van der Waals surface area contributed by atoms with Crippen LogP contribution in [0, 0.1) is 5.92 Å². The highest BCUT2D eigenvalue weighted by molar-refractivity contribution is 5.78. The van der Waals surface area contributed by atoms with Gasteiger partial charge in [0.05, 0.1) is 12.1 Å². The summed E-state index contributed by atoms with van der Waals surface area (Å²) in [6.07, 6.45) is -4.35. The molecule has 0 fully saturated rings. The van der Waals surface area contributed by atoms with Crippen LogP contribution in [0.5, 0.6) is 0 Å². The summed E-state index contributed by atoms with van der Waals surface area (Å²) in [4.78, 5) is 13.5. The van der Waals surface area contributed by atoms with Crippen LogP contribution in [0.25, 0.3) is 0 Å². The van der Waals surface area contributed by atoms with Gasteiger partial charge in [0.25, 0.3) is 0 Å². The number of halogens is 3. The molecule has 0 aliphatic heterocycles. The van der Waals surface area contributed by atoms with Crippen molar-refractivity contribution >= 4 is 5.91 Å². The van der Waals surface area contributed by atoms with E-state index in [-0.39, 0.29) is 25.0 Å². The van der Waals surface area contributed by atoms with Gasteiger partial charge in [-0.1, -0.05) is 32.0 Å². The van der Waals surface area contributed by atoms with Gasteiger partial charge in [-0.05, 0) is 31.5 Å². The molecule has 0 radical (unpaired) electrons. The van der Waals surface area contributed by atoms with Crippen molar-refractivity contribution in [2.24, 2.45) is 5.92 Å². The third kappa shape index (κ3) is 6.05. The normalized spacial score (nSPS) is 13.5. The molecule has 0 saturated heterocycles. The molecule has 0 saturated carbocycles. The summed E-state index contributed by atoms with van der Waals surface area (Å²) in [5, 5.41) is 2.87. The highest BCUT2D eigenvalue weighted by atomic mass is 19.4. The lowest BCUT2D eigenvalue weighted by molar-refractivity contribution is -0.137. The van der Waals surface area contributed by atoms with Crippen LogP contribution in [0.2, 0.25) is 0 Å². The molecule has 0 bridgehead atoms. The number of alkyl halides is 3. The van der Waals surface area contributed by atoms with Gasteiger partial charge >= 0.3 is 6.18 Å². The zero-order valence-electron chi connectivity index (χ0n) is 13.4. The van der Waals surface area contributed by atoms with E-state index in [4.69, 9.17) is 0 Å². The third-order valence-electron chi connectivity index (χ3n) is 3.51. The van der Waals surface area contributed by atoms with E-state index in [2.05, 4.69) is 5.32 Å². The maximum atomic E-state index is 12.7. The first-order chi connectivity index (χ1) is 10.1. The lowest BCUT2D eigenvalue weighted by atomic mass is 10.1. The molecule has 0 aliphatic carbocycles. The van der Waals surface area contributed by atoms with E-state index in [0.29, 0.717) is 11.5 Å². The van der Waals surface area contributed by atoms with E-state index >= 15 is 0 Å². The van der Waals surface area contributed by atoms with E-state index in [1.54, 1.807) is 18.0 Å². The van der Waals surface area contributed by atoms with Gasteiger partial charge in [0.1, 0.15) is 0 Å². The molecule has 0 aromatic heterocycles. The van der Waals surface area contributed by atoms with Crippen LogP contribution in [-0.4, -0.2) is 30.4 Å². The number of benzene rings is 1. The number of hydrogen-bond donors (Lipinski definition) is 1. The number of nitrogens with zero attached hydrogens (tertiary/aromatic N) is 1. The van der Waals surface area contributed by atoms with Crippen LogP contribution >= 0.6 is 0 Å². The predicted octanol–water partition coefficient (Wildman–Crippen LogP) is 3.30. The number of rotatable bonds is 6. The molecule has 0 heterocycles. The Bertz CT molecular complexity index is 500. The molecule has 1 amide bonds. The Morgan fingerprint density at radius 1 is 1.27 bits per heavy atom. The summed E-state index contributed by atoms with van der Waals surface area (Å²) in [6.45, 7) is 6.38. The van der Waals surface area contributed by atoms with E-state index < -0.39 is 11.7 Å². The summed E-state index contributed by atoms with van der Waals surface area (Å²) in [6, 6.07) is 5.23. The molecule has 0 aliphatic rings. The zero-order valence-corrected chi connectivity index (χ0v) is 13.4. The van der Waals surface area contributed by atoms with Gasteiger partial charge in [-0.15, -0.1) is 0 Å². The van der Waals surface area contributed by atoms with E-state index in [9.17, 15) is 18.0 Å². The highest BCUT2D eigenvalue weighted by Gasteiger charge is 2.30. The Morgan fingerprint density at radius 3 is 2.45 bits per heavy atom. The maximum absolute atomic E-state index is 12.7. The van der Waals surface area contributed by atoms with Crippen molar-refractivity contribution in [1.82, 2.24) is 10.2 Å². The van der Waals surface area contributed by atoms with Crippen molar-refractivity contribution in [3.63, 3.8) is 0 Å². The SMILES string of the molecule is CC(C)C(C)NC(=O)CN(C)Cc1cccc(C(F)(F)F)c1. The second kappa shape index (κ2) is 7.63. The number of amides is 1. The van der Waals surface area contributed by atoms with Crippen molar-refractivity contribution in [3.05, 3.63) is 35.4 Å². The first-order valence-corrected chi connectivity index (χ1v) is 7.23. The molecule has 124 valence electrons. The standard InChI is InChI=1S/C16H23F3N2O/c1-11(2)12(3)20-15(22)10-21(4)9-13-6-5-7-14(8-13)16(17,18)19/h5-8,11-12H,9-10H2,1-4H3,(H,20,22). The zero-order chi connectivity index (χ0) is 16.9. The fourth-order valence-electron chi connectivity index (χ4n) is 1.92. The van der Waals surface area contributed by atoms with Crippen molar-refractivity contribution in [2.45, 2.75) is 39.5 Å². The molecule has 1 unspecified atom stereocenters. The summed E-state index contributed by atoms with van der Waals surface area (Å²) in [7, 11) is 1.71. The largest absolute Gasteiger partial charge is 0.416 e. The number of carbonyl (C=O) groups is 1. The topological polar surface area (TPSA) is 32.3 Å². The average Bonchev–Trinajstić information content (AvgIpc) is 2.37. The van der Waals surface area contributed by atoms with Gasteiger partial charge < -0.3 is 5.32 Å². The summed E-state index contributed by atoms with van der Waals surface area (Å²) < 4.78 is 38.0. The van der Waals surface area contributed by atoms with E-state index in [1.807, 2.05) is 20.8 Å². The van der Waals surface area contributed by atoms with Gasteiger partial charge in [-0.25, -0.2) is 0 Å². The molecule has 1 aromatic rings. The fourth-order valence-corrected chi connectivity index (χ4v) is 1.92. The molecule has 1 aromatic carbocycles. The second-order valence-electron chi connectivity index (χ2n) is 5.97. The van der Waals surface area contributed by atoms with E-state index in [0.717, 1.165) is 12.1 Å². The Balaban J connectivity index is 2.58. The lowest BCUT2D eigenvalue weighted by Gasteiger charge is -2.21. The molecular formula is C16H23F3N2O. The third-order valence-corrected chi connectivity index (χ3v) is 3.51. The van der Waals surface area contributed by atoms with Crippen LogP contribution < -0.4 is 5.32 Å². The second-order valence-corrected chi connectivity index (χ2v) is 5.97. The quantitative estimate of drug-likeness (QED) is 0.873.